The van der Waals surface area contributed by atoms with E-state index in [1.54, 1.807) is 0 Å². The molecule has 0 saturated heterocycles. The van der Waals surface area contributed by atoms with E-state index in [0.717, 1.165) is 17.1 Å². The number of nitrogens with one attached hydrogen (secondary N) is 2. The molecule has 0 bridgehead atoms. The van der Waals surface area contributed by atoms with Gasteiger partial charge in [-0.3, -0.25) is 14.9 Å². The molecule has 0 fully saturated rings. The lowest BCUT2D eigenvalue weighted by Crippen LogP contribution is -2.32. The summed E-state index contributed by atoms with van der Waals surface area (Å²) in [5.74, 6) is -0.421. The predicted octanol–water partition coefficient (Wildman–Crippen LogP) is 3.19. The summed E-state index contributed by atoms with van der Waals surface area (Å²) in [5.41, 5.74) is 1.68. The van der Waals surface area contributed by atoms with Crippen LogP contribution in [-0.4, -0.2) is 20.8 Å². The van der Waals surface area contributed by atoms with Crippen LogP contribution in [0.4, 0.5) is 5.88 Å². The summed E-state index contributed by atoms with van der Waals surface area (Å²) in [7, 11) is 0. The molecule has 1 unspecified atom stereocenters. The molecule has 0 spiro atoms. The topological polar surface area (TPSA) is 114 Å². The molecule has 0 radical (unpaired) electrons. The number of para-hydroxylation sites is 2. The van der Waals surface area contributed by atoms with E-state index >= 15 is 0 Å². The molecule has 0 aliphatic rings. The second-order valence-electron chi connectivity index (χ2n) is 5.73. The number of nitro groups is 1. The molecule has 2 N–H and O–H groups in total. The zero-order valence-electron chi connectivity index (χ0n) is 13.1. The van der Waals surface area contributed by atoms with Crippen molar-refractivity contribution in [2.24, 2.45) is 5.92 Å². The van der Waals surface area contributed by atoms with Crippen molar-refractivity contribution in [2.45, 2.75) is 19.9 Å². The highest BCUT2D eigenvalue weighted by molar-refractivity contribution is 5.92. The SMILES string of the molecule is CC(C)C(NC(=O)c1ccc([N+](=O)[O-])o1)c1nc2ccccc2[nH]1. The first-order valence-corrected chi connectivity index (χ1v) is 7.45. The Kier molecular flexibility index (Phi) is 4.03. The van der Waals surface area contributed by atoms with Gasteiger partial charge in [-0.15, -0.1) is 0 Å². The minimum absolute atomic E-state index is 0.0551. The second kappa shape index (κ2) is 6.15. The van der Waals surface area contributed by atoms with Gasteiger partial charge in [0.1, 0.15) is 10.7 Å². The highest BCUT2D eigenvalue weighted by atomic mass is 16.6. The smallest absolute Gasteiger partial charge is 0.395 e. The van der Waals surface area contributed by atoms with Crippen LogP contribution in [0.2, 0.25) is 0 Å². The van der Waals surface area contributed by atoms with E-state index in [4.69, 9.17) is 4.42 Å². The number of furan rings is 1. The lowest BCUT2D eigenvalue weighted by molar-refractivity contribution is -0.402. The van der Waals surface area contributed by atoms with E-state index in [1.807, 2.05) is 38.1 Å². The molecule has 3 rings (SSSR count). The molecule has 1 aromatic carbocycles. The zero-order valence-corrected chi connectivity index (χ0v) is 13.1. The second-order valence-corrected chi connectivity index (χ2v) is 5.73. The molecule has 24 heavy (non-hydrogen) atoms. The van der Waals surface area contributed by atoms with Crippen LogP contribution >= 0.6 is 0 Å². The number of rotatable bonds is 5. The first-order chi connectivity index (χ1) is 11.5. The van der Waals surface area contributed by atoms with E-state index in [-0.39, 0.29) is 17.7 Å². The Bertz CT molecular complexity index is 863. The number of imidazole rings is 1. The average molecular weight is 328 g/mol. The summed E-state index contributed by atoms with van der Waals surface area (Å²) in [6.45, 7) is 3.89. The van der Waals surface area contributed by atoms with E-state index < -0.39 is 16.7 Å². The Hall–Kier alpha value is -3.16. The van der Waals surface area contributed by atoms with E-state index in [0.29, 0.717) is 5.82 Å². The maximum Gasteiger partial charge on any atom is 0.433 e. The van der Waals surface area contributed by atoms with Gasteiger partial charge in [-0.25, -0.2) is 4.98 Å². The van der Waals surface area contributed by atoms with Gasteiger partial charge >= 0.3 is 5.88 Å². The van der Waals surface area contributed by atoms with Crippen LogP contribution in [0.1, 0.15) is 36.3 Å². The summed E-state index contributed by atoms with van der Waals surface area (Å²) in [4.78, 5) is 30.0. The van der Waals surface area contributed by atoms with Gasteiger partial charge in [0.05, 0.1) is 23.1 Å². The van der Waals surface area contributed by atoms with Crippen molar-refractivity contribution < 1.29 is 14.1 Å². The predicted molar refractivity (Wildman–Crippen MR) is 86.5 cm³/mol. The largest absolute Gasteiger partial charge is 0.433 e. The zero-order chi connectivity index (χ0) is 17.3. The number of H-pyrrole nitrogens is 1. The number of aromatic nitrogens is 2. The number of hydrogen-bond donors (Lipinski definition) is 2. The van der Waals surface area contributed by atoms with Gasteiger partial charge in [-0.2, -0.15) is 0 Å². The fraction of sp³-hybridized carbons (Fsp3) is 0.250. The van der Waals surface area contributed by atoms with Crippen LogP contribution in [0.5, 0.6) is 0 Å². The minimum atomic E-state index is -0.685. The molecule has 2 aromatic heterocycles. The third-order valence-corrected chi connectivity index (χ3v) is 3.65. The molecule has 2 heterocycles. The highest BCUT2D eigenvalue weighted by Crippen LogP contribution is 2.23. The van der Waals surface area contributed by atoms with Crippen LogP contribution in [0.3, 0.4) is 0 Å². The third kappa shape index (κ3) is 2.98. The number of fused-ring (bicyclic) bond motifs is 1. The van der Waals surface area contributed by atoms with Crippen molar-refractivity contribution >= 4 is 22.8 Å². The van der Waals surface area contributed by atoms with Crippen molar-refractivity contribution in [3.63, 3.8) is 0 Å². The molecule has 1 amide bonds. The van der Waals surface area contributed by atoms with E-state index in [1.165, 1.54) is 6.07 Å². The third-order valence-electron chi connectivity index (χ3n) is 3.65. The van der Waals surface area contributed by atoms with Crippen LogP contribution in [0, 0.1) is 16.0 Å². The molecule has 8 heteroatoms. The van der Waals surface area contributed by atoms with Gasteiger partial charge in [-0.1, -0.05) is 26.0 Å². The normalized spacial score (nSPS) is 12.5. The molecule has 124 valence electrons. The number of hydrogen-bond acceptors (Lipinski definition) is 5. The molecule has 1 atom stereocenters. The summed E-state index contributed by atoms with van der Waals surface area (Å²) in [5, 5.41) is 13.5. The van der Waals surface area contributed by atoms with Crippen molar-refractivity contribution in [3.05, 3.63) is 58.1 Å². The van der Waals surface area contributed by atoms with Crippen LogP contribution in [0.25, 0.3) is 11.0 Å². The number of carbonyl (C=O) groups is 1. The van der Waals surface area contributed by atoms with Gasteiger partial charge < -0.3 is 14.7 Å². The molecule has 0 saturated carbocycles. The van der Waals surface area contributed by atoms with Crippen LogP contribution in [-0.2, 0) is 0 Å². The van der Waals surface area contributed by atoms with Gasteiger partial charge in [0, 0.05) is 0 Å². The fourth-order valence-corrected chi connectivity index (χ4v) is 2.43. The van der Waals surface area contributed by atoms with Crippen molar-refractivity contribution in [2.75, 3.05) is 0 Å². The molecule has 0 aliphatic heterocycles. The van der Waals surface area contributed by atoms with E-state index in [9.17, 15) is 14.9 Å². The minimum Gasteiger partial charge on any atom is -0.395 e. The molecule has 8 nitrogen and oxygen atoms in total. The standard InChI is InChI=1S/C16H16N4O4/c1-9(2)14(15-17-10-5-3-4-6-11(10)18-15)19-16(21)12-7-8-13(24-12)20(22)23/h3-9,14H,1-2H3,(H,17,18)(H,19,21). The number of amides is 1. The van der Waals surface area contributed by atoms with Crippen LogP contribution < -0.4 is 5.32 Å². The maximum absolute atomic E-state index is 12.3. The maximum atomic E-state index is 12.3. The fourth-order valence-electron chi connectivity index (χ4n) is 2.43. The van der Waals surface area contributed by atoms with E-state index in [2.05, 4.69) is 15.3 Å². The lowest BCUT2D eigenvalue weighted by Gasteiger charge is -2.19. The van der Waals surface area contributed by atoms with Gasteiger partial charge in [-0.05, 0) is 24.1 Å². The van der Waals surface area contributed by atoms with Crippen LogP contribution in [0.15, 0.2) is 40.8 Å². The number of aromatic amines is 1. The summed E-state index contributed by atoms with van der Waals surface area (Å²) >= 11 is 0. The first-order valence-electron chi connectivity index (χ1n) is 7.45. The van der Waals surface area contributed by atoms with Gasteiger partial charge in [0.2, 0.25) is 0 Å². The van der Waals surface area contributed by atoms with Gasteiger partial charge in [0.25, 0.3) is 5.91 Å². The Morgan fingerprint density at radius 1 is 1.29 bits per heavy atom. The quantitative estimate of drug-likeness (QED) is 0.551. The van der Waals surface area contributed by atoms with Crippen molar-refractivity contribution in [3.8, 4) is 0 Å². The summed E-state index contributed by atoms with van der Waals surface area (Å²) < 4.78 is 4.94. The summed E-state index contributed by atoms with van der Waals surface area (Å²) in [6.07, 6.45) is 0. The van der Waals surface area contributed by atoms with Crippen molar-refractivity contribution in [1.29, 1.82) is 0 Å². The summed E-state index contributed by atoms with van der Waals surface area (Å²) in [6, 6.07) is 9.62. The Balaban J connectivity index is 1.85. The molecule has 3 aromatic rings. The molecular formula is C16H16N4O4. The lowest BCUT2D eigenvalue weighted by atomic mass is 10.0. The van der Waals surface area contributed by atoms with Gasteiger partial charge in [0.15, 0.2) is 5.76 Å². The number of carbonyl (C=O) groups excluding carboxylic acids is 1. The first kappa shape index (κ1) is 15.7. The Labute approximate surface area is 137 Å². The molecule has 0 aliphatic carbocycles. The molecular weight excluding hydrogens is 312 g/mol. The van der Waals surface area contributed by atoms with Crippen molar-refractivity contribution in [1.82, 2.24) is 15.3 Å². The average Bonchev–Trinajstić information content (AvgIpc) is 3.18. The monoisotopic (exact) mass is 328 g/mol. The highest BCUT2D eigenvalue weighted by Gasteiger charge is 2.25. The number of nitrogens with zero attached hydrogens (tertiary/aromatic N) is 2. The Morgan fingerprint density at radius 3 is 2.67 bits per heavy atom. The Morgan fingerprint density at radius 2 is 2.04 bits per heavy atom. The number of benzene rings is 1.